The van der Waals surface area contributed by atoms with Gasteiger partial charge in [0.1, 0.15) is 0 Å². The Labute approximate surface area is 67.7 Å². The Morgan fingerprint density at radius 3 is 1.55 bits per heavy atom. The second kappa shape index (κ2) is 4.70. The molecular formula is C8H18O3. The zero-order chi connectivity index (χ0) is 9.02. The number of aliphatic hydroxyl groups excluding tert-OH is 3. The van der Waals surface area contributed by atoms with E-state index in [0.29, 0.717) is 6.42 Å². The number of rotatable bonds is 4. The molecule has 4 atom stereocenters. The van der Waals surface area contributed by atoms with Crippen molar-refractivity contribution in [2.24, 2.45) is 5.92 Å². The number of hydrogen-bond donors (Lipinski definition) is 3. The summed E-state index contributed by atoms with van der Waals surface area (Å²) in [6.07, 6.45) is -1.48. The summed E-state index contributed by atoms with van der Waals surface area (Å²) in [5.74, 6) is -0.227. The minimum absolute atomic E-state index is 0.227. The molecule has 0 aromatic heterocycles. The largest absolute Gasteiger partial charge is 0.393 e. The Hall–Kier alpha value is -0.120. The lowest BCUT2D eigenvalue weighted by molar-refractivity contribution is -0.0471. The molecule has 0 spiro atoms. The van der Waals surface area contributed by atoms with Crippen LogP contribution in [0.3, 0.4) is 0 Å². The van der Waals surface area contributed by atoms with E-state index in [1.807, 2.05) is 6.92 Å². The third-order valence-corrected chi connectivity index (χ3v) is 2.02. The van der Waals surface area contributed by atoms with E-state index in [-0.39, 0.29) is 5.92 Å². The van der Waals surface area contributed by atoms with Crippen LogP contribution < -0.4 is 0 Å². The molecule has 3 nitrogen and oxygen atoms in total. The Kier molecular flexibility index (Phi) is 4.65. The Balaban J connectivity index is 4.02. The minimum atomic E-state index is -0.819. The first kappa shape index (κ1) is 10.9. The first-order valence-electron chi connectivity index (χ1n) is 4.04. The molecule has 0 rings (SSSR count). The fraction of sp³-hybridized carbons (Fsp3) is 1.00. The summed E-state index contributed by atoms with van der Waals surface area (Å²) in [4.78, 5) is 0. The second-order valence-electron chi connectivity index (χ2n) is 3.04. The molecule has 0 aromatic rings. The maximum Gasteiger partial charge on any atom is 0.0848 e. The van der Waals surface area contributed by atoms with Crippen molar-refractivity contribution in [2.45, 2.75) is 45.5 Å². The van der Waals surface area contributed by atoms with Crippen molar-refractivity contribution in [2.75, 3.05) is 0 Å². The fourth-order valence-electron chi connectivity index (χ4n) is 1.23. The summed E-state index contributed by atoms with van der Waals surface area (Å²) >= 11 is 0. The van der Waals surface area contributed by atoms with Crippen LogP contribution in [0.1, 0.15) is 27.2 Å². The molecule has 0 amide bonds. The molecule has 0 heterocycles. The van der Waals surface area contributed by atoms with Crippen molar-refractivity contribution >= 4 is 0 Å². The monoisotopic (exact) mass is 162 g/mol. The molecule has 0 saturated carbocycles. The van der Waals surface area contributed by atoms with Crippen LogP contribution in [0.25, 0.3) is 0 Å². The third kappa shape index (κ3) is 3.18. The van der Waals surface area contributed by atoms with Gasteiger partial charge >= 0.3 is 0 Å². The van der Waals surface area contributed by atoms with Crippen LogP contribution >= 0.6 is 0 Å². The maximum absolute atomic E-state index is 9.35. The van der Waals surface area contributed by atoms with Gasteiger partial charge in [-0.25, -0.2) is 0 Å². The Morgan fingerprint density at radius 2 is 1.45 bits per heavy atom. The zero-order valence-electron chi connectivity index (χ0n) is 7.36. The van der Waals surface area contributed by atoms with E-state index in [4.69, 9.17) is 10.2 Å². The van der Waals surface area contributed by atoms with E-state index in [1.54, 1.807) is 6.92 Å². The topological polar surface area (TPSA) is 60.7 Å². The van der Waals surface area contributed by atoms with E-state index in [9.17, 15) is 5.11 Å². The van der Waals surface area contributed by atoms with E-state index in [0.717, 1.165) is 0 Å². The van der Waals surface area contributed by atoms with Gasteiger partial charge in [0.2, 0.25) is 0 Å². The lowest BCUT2D eigenvalue weighted by atomic mass is 9.91. The summed E-state index contributed by atoms with van der Waals surface area (Å²) in [6.45, 7) is 5.03. The van der Waals surface area contributed by atoms with Gasteiger partial charge in [-0.3, -0.25) is 0 Å². The van der Waals surface area contributed by atoms with Gasteiger partial charge in [0.15, 0.2) is 0 Å². The van der Waals surface area contributed by atoms with E-state index < -0.39 is 18.3 Å². The van der Waals surface area contributed by atoms with Crippen molar-refractivity contribution in [3.8, 4) is 0 Å². The predicted octanol–water partition coefficient (Wildman–Crippen LogP) is 0.135. The lowest BCUT2D eigenvalue weighted by Crippen LogP contribution is -2.36. The second-order valence-corrected chi connectivity index (χ2v) is 3.04. The molecule has 0 aliphatic carbocycles. The van der Waals surface area contributed by atoms with Gasteiger partial charge in [-0.1, -0.05) is 6.92 Å². The molecule has 0 fully saturated rings. The van der Waals surface area contributed by atoms with Crippen molar-refractivity contribution in [3.63, 3.8) is 0 Å². The smallest absolute Gasteiger partial charge is 0.0848 e. The van der Waals surface area contributed by atoms with E-state index in [1.165, 1.54) is 6.92 Å². The first-order valence-corrected chi connectivity index (χ1v) is 4.04. The van der Waals surface area contributed by atoms with Crippen molar-refractivity contribution in [1.29, 1.82) is 0 Å². The average Bonchev–Trinajstić information content (AvgIpc) is 1.88. The highest BCUT2D eigenvalue weighted by Crippen LogP contribution is 2.16. The summed E-state index contributed by atoms with van der Waals surface area (Å²) in [5.41, 5.74) is 0. The molecule has 68 valence electrons. The van der Waals surface area contributed by atoms with Gasteiger partial charge in [0, 0.05) is 5.92 Å². The Morgan fingerprint density at radius 1 is 1.00 bits per heavy atom. The van der Waals surface area contributed by atoms with Crippen LogP contribution in [0.4, 0.5) is 0 Å². The highest BCUT2D eigenvalue weighted by molar-refractivity contribution is 4.75. The molecule has 3 heteroatoms. The van der Waals surface area contributed by atoms with Crippen LogP contribution in [0.2, 0.25) is 0 Å². The molecule has 4 unspecified atom stereocenters. The molecule has 11 heavy (non-hydrogen) atoms. The van der Waals surface area contributed by atoms with Gasteiger partial charge in [-0.15, -0.1) is 0 Å². The van der Waals surface area contributed by atoms with Gasteiger partial charge in [-0.05, 0) is 20.3 Å². The molecule has 0 aromatic carbocycles. The summed E-state index contributed by atoms with van der Waals surface area (Å²) in [5, 5.41) is 27.5. The van der Waals surface area contributed by atoms with Crippen LogP contribution in [0.15, 0.2) is 0 Å². The molecule has 0 aliphatic rings. The summed E-state index contributed by atoms with van der Waals surface area (Å²) < 4.78 is 0. The van der Waals surface area contributed by atoms with Crippen LogP contribution in [-0.2, 0) is 0 Å². The van der Waals surface area contributed by atoms with Gasteiger partial charge in [0.05, 0.1) is 18.3 Å². The molecule has 0 bridgehead atoms. The molecular weight excluding hydrogens is 144 g/mol. The molecule has 0 saturated heterocycles. The van der Waals surface area contributed by atoms with Crippen LogP contribution in [-0.4, -0.2) is 33.6 Å². The van der Waals surface area contributed by atoms with Crippen LogP contribution in [0, 0.1) is 5.92 Å². The standard InChI is InChI=1S/C8H18O3/c1-4-7(5(2)9)8(11)6(3)10/h5-11H,4H2,1-3H3. The summed E-state index contributed by atoms with van der Waals surface area (Å²) in [7, 11) is 0. The highest BCUT2D eigenvalue weighted by atomic mass is 16.3. The lowest BCUT2D eigenvalue weighted by Gasteiger charge is -2.25. The van der Waals surface area contributed by atoms with Crippen molar-refractivity contribution in [1.82, 2.24) is 0 Å². The molecule has 0 aliphatic heterocycles. The van der Waals surface area contributed by atoms with E-state index >= 15 is 0 Å². The van der Waals surface area contributed by atoms with Crippen molar-refractivity contribution < 1.29 is 15.3 Å². The number of hydrogen-bond acceptors (Lipinski definition) is 3. The predicted molar refractivity (Wildman–Crippen MR) is 43.1 cm³/mol. The van der Waals surface area contributed by atoms with Crippen molar-refractivity contribution in [3.05, 3.63) is 0 Å². The average molecular weight is 162 g/mol. The molecule has 0 radical (unpaired) electrons. The van der Waals surface area contributed by atoms with E-state index in [2.05, 4.69) is 0 Å². The third-order valence-electron chi connectivity index (χ3n) is 2.02. The minimum Gasteiger partial charge on any atom is -0.393 e. The fourth-order valence-corrected chi connectivity index (χ4v) is 1.23. The van der Waals surface area contributed by atoms with Gasteiger partial charge in [-0.2, -0.15) is 0 Å². The quantitative estimate of drug-likeness (QED) is 0.551. The normalized spacial score (nSPS) is 22.4. The SMILES string of the molecule is CCC(C(C)O)C(O)C(C)O. The van der Waals surface area contributed by atoms with Gasteiger partial charge in [0.25, 0.3) is 0 Å². The highest BCUT2D eigenvalue weighted by Gasteiger charge is 2.25. The van der Waals surface area contributed by atoms with Crippen LogP contribution in [0.5, 0.6) is 0 Å². The van der Waals surface area contributed by atoms with Gasteiger partial charge < -0.3 is 15.3 Å². The summed E-state index contributed by atoms with van der Waals surface area (Å²) in [6, 6.07) is 0. The molecule has 3 N–H and O–H groups in total. The Bertz CT molecular complexity index is 102. The maximum atomic E-state index is 9.35. The first-order chi connectivity index (χ1) is 5.00. The number of aliphatic hydroxyl groups is 3. The zero-order valence-corrected chi connectivity index (χ0v) is 7.36.